The Bertz CT molecular complexity index is 873. The van der Waals surface area contributed by atoms with Gasteiger partial charge in [0.2, 0.25) is 5.91 Å². The summed E-state index contributed by atoms with van der Waals surface area (Å²) in [6.45, 7) is 0.629. The van der Waals surface area contributed by atoms with E-state index in [4.69, 9.17) is 40.0 Å². The number of amides is 2. The monoisotopic (exact) mass is 586 g/mol. The number of hydrogen-bond donors (Lipinski definition) is 8. The van der Waals surface area contributed by atoms with E-state index < -0.39 is 110 Å². The number of aliphatic hydroxyl groups excluding tert-OH is 6. The molecular weight excluding hydrogens is 552 g/mol. The Balaban J connectivity index is 1.69. The lowest BCUT2D eigenvalue weighted by Crippen LogP contribution is -2.68. The third kappa shape index (κ3) is 6.18. The van der Waals surface area contributed by atoms with Crippen molar-refractivity contribution >= 4 is 23.4 Å². The second kappa shape index (κ2) is 12.7. The lowest BCUT2D eigenvalue weighted by molar-refractivity contribution is -0.342. The van der Waals surface area contributed by atoms with Crippen molar-refractivity contribution < 1.29 is 68.6 Å². The van der Waals surface area contributed by atoms with Crippen molar-refractivity contribution in [1.82, 2.24) is 10.6 Å². The molecule has 0 aromatic rings. The number of ether oxygens (including phenoxy) is 6. The first-order chi connectivity index (χ1) is 18.5. The number of alkyl halides is 1. The van der Waals surface area contributed by atoms with Crippen molar-refractivity contribution in [1.29, 1.82) is 0 Å². The Kier molecular flexibility index (Phi) is 10.0. The van der Waals surface area contributed by atoms with E-state index in [0.717, 1.165) is 0 Å². The molecule has 0 saturated carbocycles. The molecule has 4 fully saturated rings. The summed E-state index contributed by atoms with van der Waals surface area (Å²) in [5.41, 5.74) is 0. The van der Waals surface area contributed by atoms with Crippen LogP contribution in [0.25, 0.3) is 0 Å². The van der Waals surface area contributed by atoms with Crippen molar-refractivity contribution in [2.75, 3.05) is 20.3 Å². The smallest absolute Gasteiger partial charge is 0.252 e. The van der Waals surface area contributed by atoms with E-state index in [1.54, 1.807) is 0 Å². The van der Waals surface area contributed by atoms with Crippen LogP contribution in [-0.4, -0.2) is 154 Å². The number of fused-ring (bicyclic) bond motifs is 5. The van der Waals surface area contributed by atoms with E-state index in [9.17, 15) is 40.2 Å². The second-order valence-corrected chi connectivity index (χ2v) is 10.3. The molecule has 0 aromatic heterocycles. The molecule has 0 aliphatic carbocycles. The van der Waals surface area contributed by atoms with Crippen molar-refractivity contribution in [3.8, 4) is 0 Å². The lowest BCUT2D eigenvalue weighted by atomic mass is 9.95. The van der Waals surface area contributed by atoms with E-state index in [2.05, 4.69) is 10.6 Å². The van der Waals surface area contributed by atoms with Gasteiger partial charge in [0.25, 0.3) is 5.91 Å². The van der Waals surface area contributed by atoms with Crippen LogP contribution in [0.3, 0.4) is 0 Å². The van der Waals surface area contributed by atoms with Gasteiger partial charge in [0.15, 0.2) is 25.0 Å². The highest BCUT2D eigenvalue weighted by molar-refractivity contribution is 6.21. The van der Waals surface area contributed by atoms with Crippen LogP contribution in [0.1, 0.15) is 13.3 Å². The molecule has 17 heteroatoms. The minimum atomic E-state index is -1.86. The summed E-state index contributed by atoms with van der Waals surface area (Å²) in [6, 6.07) is -1.14. The molecule has 16 nitrogen and oxygen atoms in total. The zero-order valence-electron chi connectivity index (χ0n) is 21.1. The first-order valence-electron chi connectivity index (χ1n) is 12.5. The number of hydrogen-bond acceptors (Lipinski definition) is 14. The quantitative estimate of drug-likeness (QED) is 0.142. The van der Waals surface area contributed by atoms with E-state index >= 15 is 0 Å². The van der Waals surface area contributed by atoms with Gasteiger partial charge in [-0.15, -0.1) is 11.6 Å². The van der Waals surface area contributed by atoms with Crippen molar-refractivity contribution in [3.05, 3.63) is 0 Å². The van der Waals surface area contributed by atoms with Crippen LogP contribution in [0, 0.1) is 0 Å². The average Bonchev–Trinajstić information content (AvgIpc) is 2.90. The van der Waals surface area contributed by atoms with Crippen molar-refractivity contribution in [2.24, 2.45) is 0 Å². The predicted molar refractivity (Wildman–Crippen MR) is 125 cm³/mol. The summed E-state index contributed by atoms with van der Waals surface area (Å²) >= 11 is 6.59. The third-order valence-corrected chi connectivity index (χ3v) is 7.67. The third-order valence-electron chi connectivity index (χ3n) is 7.22. The molecule has 4 saturated heterocycles. The zero-order chi connectivity index (χ0) is 28.6. The molecule has 0 radical (unpaired) electrons. The zero-order valence-corrected chi connectivity index (χ0v) is 21.9. The fourth-order valence-electron chi connectivity index (χ4n) is 4.97. The highest BCUT2D eigenvalue weighted by Gasteiger charge is 2.54. The molecule has 224 valence electrons. The Morgan fingerprint density at radius 3 is 2.26 bits per heavy atom. The SMILES string of the molecule is CO[C@@H]1O[C@H](CO)[C@@H](O)[C@@H]2O[C@@H]3O[C@@H](C)[C@H](O)[C@@H](O[C@@H]4O[C@@H](C(=O)NCCC(=O)N[C@@H]12)[C@H](O)[C@@H](O)[C@H]4O)[C@H]3Cl. The van der Waals surface area contributed by atoms with Gasteiger partial charge in [0.05, 0.1) is 12.7 Å². The van der Waals surface area contributed by atoms with E-state index in [1.807, 2.05) is 0 Å². The summed E-state index contributed by atoms with van der Waals surface area (Å²) in [4.78, 5) is 25.5. The largest absolute Gasteiger partial charge is 0.394 e. The number of halogens is 1. The predicted octanol–water partition coefficient (Wildman–Crippen LogP) is -4.99. The van der Waals surface area contributed by atoms with Crippen molar-refractivity contribution in [3.63, 3.8) is 0 Å². The van der Waals surface area contributed by atoms with Gasteiger partial charge in [-0.1, -0.05) is 0 Å². The normalized spacial score (nSPS) is 49.9. The van der Waals surface area contributed by atoms with Gasteiger partial charge >= 0.3 is 0 Å². The maximum atomic E-state index is 12.8. The number of rotatable bonds is 2. The fourth-order valence-corrected chi connectivity index (χ4v) is 5.30. The fraction of sp³-hybridized carbons (Fsp3) is 0.909. The molecule has 4 aliphatic rings. The summed E-state index contributed by atoms with van der Waals surface area (Å²) in [7, 11) is 1.28. The maximum absolute atomic E-state index is 12.8. The molecule has 0 spiro atoms. The topological polar surface area (TPSA) is 235 Å². The minimum absolute atomic E-state index is 0.228. The maximum Gasteiger partial charge on any atom is 0.252 e. The molecule has 2 amide bonds. The number of nitrogens with one attached hydrogen (secondary N) is 2. The van der Waals surface area contributed by atoms with Gasteiger partial charge in [-0.3, -0.25) is 9.59 Å². The molecule has 8 N–H and O–H groups in total. The molecular formula is C22H35ClN2O14. The highest BCUT2D eigenvalue weighted by atomic mass is 35.5. The average molecular weight is 587 g/mol. The second-order valence-electron chi connectivity index (χ2n) is 9.83. The van der Waals surface area contributed by atoms with Crippen LogP contribution in [0.4, 0.5) is 0 Å². The van der Waals surface area contributed by atoms with Gasteiger partial charge < -0.3 is 69.7 Å². The van der Waals surface area contributed by atoms with Crippen LogP contribution in [-0.2, 0) is 38.0 Å². The Morgan fingerprint density at radius 1 is 0.897 bits per heavy atom. The molecule has 39 heavy (non-hydrogen) atoms. The van der Waals surface area contributed by atoms with Crippen molar-refractivity contribution in [2.45, 2.75) is 105 Å². The number of aliphatic hydroxyl groups is 6. The van der Waals surface area contributed by atoms with E-state index in [-0.39, 0.29) is 13.0 Å². The Hall–Kier alpha value is -1.25. The van der Waals surface area contributed by atoms with Gasteiger partial charge in [-0.2, -0.15) is 0 Å². The first-order valence-corrected chi connectivity index (χ1v) is 12.9. The van der Waals surface area contributed by atoms with Crippen LogP contribution >= 0.6 is 11.6 Å². The Morgan fingerprint density at radius 2 is 1.59 bits per heavy atom. The summed E-state index contributed by atoms with van der Waals surface area (Å²) in [5.74, 6) is -1.52. The van der Waals surface area contributed by atoms with E-state index in [1.165, 1.54) is 14.0 Å². The number of carbonyl (C=O) groups excluding carboxylic acids is 2. The van der Waals surface area contributed by atoms with Crippen LogP contribution in [0.2, 0.25) is 0 Å². The molecule has 15 atom stereocenters. The molecule has 4 bridgehead atoms. The van der Waals surface area contributed by atoms with Gasteiger partial charge in [-0.05, 0) is 6.92 Å². The summed E-state index contributed by atoms with van der Waals surface area (Å²) < 4.78 is 33.8. The molecule has 4 aliphatic heterocycles. The number of methoxy groups -OCH3 is 1. The molecule has 4 rings (SSSR count). The van der Waals surface area contributed by atoms with Gasteiger partial charge in [-0.25, -0.2) is 0 Å². The first kappa shape index (κ1) is 30.7. The minimum Gasteiger partial charge on any atom is -0.394 e. The van der Waals surface area contributed by atoms with E-state index in [0.29, 0.717) is 0 Å². The molecule has 0 aromatic carbocycles. The summed E-state index contributed by atoms with van der Waals surface area (Å²) in [5, 5.41) is 66.3. The highest BCUT2D eigenvalue weighted by Crippen LogP contribution is 2.34. The molecule has 0 unspecified atom stereocenters. The van der Waals surface area contributed by atoms with Crippen LogP contribution in [0.15, 0.2) is 0 Å². The lowest BCUT2D eigenvalue weighted by Gasteiger charge is -2.48. The molecule has 4 heterocycles. The number of carbonyl (C=O) groups is 2. The van der Waals surface area contributed by atoms with Gasteiger partial charge in [0.1, 0.15) is 60.3 Å². The van der Waals surface area contributed by atoms with Crippen LogP contribution in [0.5, 0.6) is 0 Å². The van der Waals surface area contributed by atoms with Gasteiger partial charge in [0, 0.05) is 20.1 Å². The van der Waals surface area contributed by atoms with Crippen LogP contribution < -0.4 is 10.6 Å². The Labute approximate surface area is 228 Å². The standard InChI is InChI=1S/C22H35ClN2O14/c1-6-11(28)16-9(23)20(35-6)38-17-10(21(34-2)36-7(5-26)12(17)29)25-8(27)3-4-24-19(33)18-14(31)13(30)15(32)22(37-16)39-18/h6-7,9-18,20-22,26,28-32H,3-5H2,1-2H3,(H,24,33)(H,25,27)/t6-,7+,9+,10+,11-,12+,13+,14+,15+,16-,17+,18+,20-,21+,22+/m0/s1. The summed E-state index contributed by atoms with van der Waals surface area (Å²) in [6.07, 6.45) is -19.6.